The van der Waals surface area contributed by atoms with E-state index in [1.807, 2.05) is 6.92 Å². The molecule has 1 fully saturated rings. The lowest BCUT2D eigenvalue weighted by Gasteiger charge is -2.02. The third-order valence-corrected chi connectivity index (χ3v) is 3.21. The molecule has 1 N–H and O–H groups in total. The Morgan fingerprint density at radius 1 is 1.50 bits per heavy atom. The minimum Gasteiger partial charge on any atom is -0.476 e. The van der Waals surface area contributed by atoms with Crippen molar-refractivity contribution in [2.75, 3.05) is 0 Å². The molecule has 2 aromatic heterocycles. The lowest BCUT2D eigenvalue weighted by atomic mass is 10.2. The summed E-state index contributed by atoms with van der Waals surface area (Å²) in [6, 6.07) is 0. The van der Waals surface area contributed by atoms with Gasteiger partial charge in [-0.1, -0.05) is 17.3 Å². The van der Waals surface area contributed by atoms with E-state index in [1.165, 1.54) is 0 Å². The molecule has 0 spiro atoms. The molecule has 0 unspecified atom stereocenters. The van der Waals surface area contributed by atoms with Crippen LogP contribution >= 0.6 is 0 Å². The van der Waals surface area contributed by atoms with E-state index in [1.54, 1.807) is 4.68 Å². The maximum Gasteiger partial charge on any atom is 0.358 e. The Labute approximate surface area is 114 Å². The Balaban J connectivity index is 1.84. The van der Waals surface area contributed by atoms with E-state index >= 15 is 0 Å². The van der Waals surface area contributed by atoms with Crippen LogP contribution in [-0.4, -0.2) is 36.2 Å². The smallest absolute Gasteiger partial charge is 0.358 e. The zero-order valence-electron chi connectivity index (χ0n) is 11.1. The lowest BCUT2D eigenvalue weighted by Crippen LogP contribution is -2.09. The Kier molecular flexibility index (Phi) is 3.21. The maximum atomic E-state index is 11.1. The van der Waals surface area contributed by atoms with Crippen LogP contribution in [0.15, 0.2) is 4.52 Å². The van der Waals surface area contributed by atoms with Crippen molar-refractivity contribution >= 4 is 5.97 Å². The summed E-state index contributed by atoms with van der Waals surface area (Å²) in [5.41, 5.74) is 0.698. The van der Waals surface area contributed by atoms with Crippen LogP contribution in [-0.2, 0) is 13.0 Å². The Morgan fingerprint density at radius 2 is 2.30 bits per heavy atom. The number of rotatable bonds is 6. The van der Waals surface area contributed by atoms with Crippen LogP contribution in [0.1, 0.15) is 60.0 Å². The lowest BCUT2D eigenvalue weighted by molar-refractivity contribution is 0.0689. The molecule has 1 saturated carbocycles. The molecule has 20 heavy (non-hydrogen) atoms. The molecule has 1 aliphatic carbocycles. The second kappa shape index (κ2) is 5.03. The van der Waals surface area contributed by atoms with Crippen LogP contribution < -0.4 is 0 Å². The highest BCUT2D eigenvalue weighted by atomic mass is 16.5. The Morgan fingerprint density at radius 3 is 2.95 bits per heavy atom. The molecule has 2 heterocycles. The highest BCUT2D eigenvalue weighted by Crippen LogP contribution is 2.41. The third-order valence-electron chi connectivity index (χ3n) is 3.21. The van der Waals surface area contributed by atoms with E-state index in [0.717, 1.165) is 25.7 Å². The number of nitrogens with zero attached hydrogens (tertiary/aromatic N) is 5. The van der Waals surface area contributed by atoms with Crippen molar-refractivity contribution in [1.82, 2.24) is 25.1 Å². The fourth-order valence-corrected chi connectivity index (χ4v) is 2.15. The molecule has 0 amide bonds. The van der Waals surface area contributed by atoms with Crippen LogP contribution in [0.4, 0.5) is 0 Å². The summed E-state index contributed by atoms with van der Waals surface area (Å²) in [5.74, 6) is 0.280. The zero-order valence-corrected chi connectivity index (χ0v) is 11.1. The molecular weight excluding hydrogens is 262 g/mol. The molecule has 0 radical (unpaired) electrons. The highest BCUT2D eigenvalue weighted by molar-refractivity contribution is 5.86. The topological polar surface area (TPSA) is 107 Å². The summed E-state index contributed by atoms with van der Waals surface area (Å²) in [6.07, 6.45) is 3.61. The van der Waals surface area contributed by atoms with Gasteiger partial charge in [-0.15, -0.1) is 5.10 Å². The summed E-state index contributed by atoms with van der Waals surface area (Å²) in [4.78, 5) is 15.4. The van der Waals surface area contributed by atoms with E-state index in [2.05, 4.69) is 20.5 Å². The minimum absolute atomic E-state index is 0.0322. The summed E-state index contributed by atoms with van der Waals surface area (Å²) in [6.45, 7) is 2.32. The number of aromatic carboxylic acids is 1. The van der Waals surface area contributed by atoms with Gasteiger partial charge in [-0.25, -0.2) is 9.48 Å². The van der Waals surface area contributed by atoms with Crippen LogP contribution in [0.3, 0.4) is 0 Å². The van der Waals surface area contributed by atoms with E-state index in [4.69, 9.17) is 9.63 Å². The molecule has 8 heteroatoms. The first kappa shape index (κ1) is 12.8. The molecule has 8 nitrogen and oxygen atoms in total. The second-order valence-corrected chi connectivity index (χ2v) is 4.91. The van der Waals surface area contributed by atoms with Gasteiger partial charge in [-0.05, 0) is 19.3 Å². The van der Waals surface area contributed by atoms with Gasteiger partial charge in [0, 0.05) is 12.3 Å². The number of aryl methyl sites for hydroxylation is 1. The number of aromatic nitrogens is 5. The van der Waals surface area contributed by atoms with E-state index in [9.17, 15) is 4.79 Å². The van der Waals surface area contributed by atoms with Crippen molar-refractivity contribution in [1.29, 1.82) is 0 Å². The molecular formula is C12H15N5O3. The summed E-state index contributed by atoms with van der Waals surface area (Å²) in [5, 5.41) is 20.7. The normalized spacial score (nSPS) is 14.7. The Bertz CT molecular complexity index is 629. The van der Waals surface area contributed by atoms with Gasteiger partial charge < -0.3 is 9.63 Å². The molecule has 1 aliphatic rings. The van der Waals surface area contributed by atoms with E-state index in [-0.39, 0.29) is 11.6 Å². The third kappa shape index (κ3) is 2.40. The summed E-state index contributed by atoms with van der Waals surface area (Å²) in [7, 11) is 0. The quantitative estimate of drug-likeness (QED) is 0.846. The van der Waals surface area contributed by atoms with Crippen LogP contribution in [0.2, 0.25) is 0 Å². The van der Waals surface area contributed by atoms with Gasteiger partial charge in [0.05, 0.1) is 5.69 Å². The first-order valence-corrected chi connectivity index (χ1v) is 6.67. The van der Waals surface area contributed by atoms with E-state index in [0.29, 0.717) is 24.0 Å². The van der Waals surface area contributed by atoms with Crippen molar-refractivity contribution in [2.45, 2.75) is 45.1 Å². The molecule has 0 aliphatic heterocycles. The Hall–Kier alpha value is -2.25. The number of carboxylic acid groups (broad SMARTS) is 1. The van der Waals surface area contributed by atoms with Gasteiger partial charge in [0.1, 0.15) is 6.54 Å². The summed E-state index contributed by atoms with van der Waals surface area (Å²) < 4.78 is 6.68. The van der Waals surface area contributed by atoms with Crippen LogP contribution in [0.5, 0.6) is 0 Å². The standard InChI is InChI=1S/C12H15N5O3/c1-2-3-9-13-8(15-20-9)6-17-11(7-4-5-7)10(12(18)19)14-16-17/h7H,2-6H2,1H3,(H,18,19). The highest BCUT2D eigenvalue weighted by Gasteiger charge is 2.34. The average molecular weight is 277 g/mol. The molecule has 0 atom stereocenters. The van der Waals surface area contributed by atoms with Crippen LogP contribution in [0, 0.1) is 0 Å². The molecule has 0 bridgehead atoms. The fraction of sp³-hybridized carbons (Fsp3) is 0.583. The predicted molar refractivity (Wildman–Crippen MR) is 66.4 cm³/mol. The number of carbonyl (C=O) groups is 1. The maximum absolute atomic E-state index is 11.1. The minimum atomic E-state index is -1.04. The van der Waals surface area contributed by atoms with Crippen molar-refractivity contribution in [3.63, 3.8) is 0 Å². The second-order valence-electron chi connectivity index (χ2n) is 4.91. The van der Waals surface area contributed by atoms with Crippen molar-refractivity contribution in [2.24, 2.45) is 0 Å². The number of hydrogen-bond donors (Lipinski definition) is 1. The fourth-order valence-electron chi connectivity index (χ4n) is 2.15. The first-order chi connectivity index (χ1) is 9.69. The van der Waals surface area contributed by atoms with Gasteiger partial charge >= 0.3 is 5.97 Å². The first-order valence-electron chi connectivity index (χ1n) is 6.67. The predicted octanol–water partition coefficient (Wildman–Crippen LogP) is 1.24. The van der Waals surface area contributed by atoms with Crippen molar-refractivity contribution in [3.05, 3.63) is 23.1 Å². The molecule has 0 aromatic carbocycles. The van der Waals surface area contributed by atoms with Gasteiger partial charge in [-0.3, -0.25) is 0 Å². The number of carboxylic acids is 1. The zero-order chi connectivity index (χ0) is 14.1. The van der Waals surface area contributed by atoms with Crippen molar-refractivity contribution in [3.8, 4) is 0 Å². The monoisotopic (exact) mass is 277 g/mol. The van der Waals surface area contributed by atoms with Crippen LogP contribution in [0.25, 0.3) is 0 Å². The molecule has 3 rings (SSSR count). The van der Waals surface area contributed by atoms with Gasteiger partial charge in [-0.2, -0.15) is 4.98 Å². The SMILES string of the molecule is CCCc1nc(Cn2nnc(C(=O)O)c2C2CC2)no1. The molecule has 0 saturated heterocycles. The van der Waals surface area contributed by atoms with E-state index < -0.39 is 5.97 Å². The van der Waals surface area contributed by atoms with Gasteiger partial charge in [0.25, 0.3) is 0 Å². The average Bonchev–Trinajstić information content (AvgIpc) is 3.01. The molecule has 106 valence electrons. The van der Waals surface area contributed by atoms with Gasteiger partial charge in [0.15, 0.2) is 11.5 Å². The molecule has 2 aromatic rings. The number of hydrogen-bond acceptors (Lipinski definition) is 6. The van der Waals surface area contributed by atoms with Crippen molar-refractivity contribution < 1.29 is 14.4 Å². The summed E-state index contributed by atoms with van der Waals surface area (Å²) >= 11 is 0. The van der Waals surface area contributed by atoms with Gasteiger partial charge in [0.2, 0.25) is 5.89 Å². The largest absolute Gasteiger partial charge is 0.476 e.